The maximum absolute atomic E-state index is 12.6. The summed E-state index contributed by atoms with van der Waals surface area (Å²) in [5.41, 5.74) is 0.850. The maximum Gasteiger partial charge on any atom is 0.231 e. The van der Waals surface area contributed by atoms with E-state index in [9.17, 15) is 4.79 Å². The molecule has 2 aromatic heterocycles. The van der Waals surface area contributed by atoms with Crippen LogP contribution in [0.15, 0.2) is 22.7 Å². The SMILES string of the molecule is Cc1nc(NC(=O)C2CCCN(c3ncccn3)C2)sc1SCC#N. The Morgan fingerprint density at radius 1 is 1.52 bits per heavy atom. The van der Waals surface area contributed by atoms with Gasteiger partial charge in [0, 0.05) is 25.5 Å². The lowest BCUT2D eigenvalue weighted by atomic mass is 9.97. The van der Waals surface area contributed by atoms with E-state index in [1.54, 1.807) is 18.5 Å². The highest BCUT2D eigenvalue weighted by molar-refractivity contribution is 8.01. The third kappa shape index (κ3) is 4.46. The Bertz CT molecular complexity index is 773. The molecule has 25 heavy (non-hydrogen) atoms. The van der Waals surface area contributed by atoms with Crippen molar-refractivity contribution < 1.29 is 4.79 Å². The van der Waals surface area contributed by atoms with Crippen LogP contribution >= 0.6 is 23.1 Å². The van der Waals surface area contributed by atoms with E-state index < -0.39 is 0 Å². The highest BCUT2D eigenvalue weighted by Crippen LogP contribution is 2.32. The van der Waals surface area contributed by atoms with Crippen molar-refractivity contribution in [3.05, 3.63) is 24.2 Å². The van der Waals surface area contributed by atoms with Gasteiger partial charge in [-0.25, -0.2) is 15.0 Å². The van der Waals surface area contributed by atoms with Gasteiger partial charge in [-0.15, -0.1) is 0 Å². The van der Waals surface area contributed by atoms with Crippen LogP contribution in [0.1, 0.15) is 18.5 Å². The number of aromatic nitrogens is 3. The molecule has 130 valence electrons. The van der Waals surface area contributed by atoms with E-state index in [1.165, 1.54) is 23.1 Å². The molecule has 0 bridgehead atoms. The molecule has 1 saturated heterocycles. The van der Waals surface area contributed by atoms with Gasteiger partial charge in [0.1, 0.15) is 0 Å². The number of thioether (sulfide) groups is 1. The molecule has 1 atom stereocenters. The van der Waals surface area contributed by atoms with Crippen LogP contribution in [0.4, 0.5) is 11.1 Å². The molecule has 3 rings (SSSR count). The number of carbonyl (C=O) groups excluding carboxylic acids is 1. The summed E-state index contributed by atoms with van der Waals surface area (Å²) in [5.74, 6) is 0.911. The zero-order valence-corrected chi connectivity index (χ0v) is 15.4. The third-order valence-corrected chi connectivity index (χ3v) is 6.18. The molecule has 1 unspecified atom stereocenters. The number of nitrogens with one attached hydrogen (secondary N) is 1. The summed E-state index contributed by atoms with van der Waals surface area (Å²) in [6.45, 7) is 3.36. The molecular formula is C16H18N6OS2. The molecule has 1 aliphatic rings. The van der Waals surface area contributed by atoms with E-state index in [4.69, 9.17) is 5.26 Å². The van der Waals surface area contributed by atoms with Gasteiger partial charge in [0.05, 0.1) is 27.6 Å². The largest absolute Gasteiger partial charge is 0.340 e. The highest BCUT2D eigenvalue weighted by atomic mass is 32.2. The van der Waals surface area contributed by atoms with Crippen molar-refractivity contribution in [2.24, 2.45) is 5.92 Å². The topological polar surface area (TPSA) is 94.8 Å². The van der Waals surface area contributed by atoms with E-state index in [-0.39, 0.29) is 11.8 Å². The van der Waals surface area contributed by atoms with Gasteiger partial charge in [0.2, 0.25) is 11.9 Å². The van der Waals surface area contributed by atoms with E-state index in [0.717, 1.165) is 29.3 Å². The monoisotopic (exact) mass is 374 g/mol. The number of nitrogens with zero attached hydrogens (tertiary/aromatic N) is 5. The molecule has 0 aliphatic carbocycles. The minimum Gasteiger partial charge on any atom is -0.340 e. The minimum atomic E-state index is -0.114. The lowest BCUT2D eigenvalue weighted by Gasteiger charge is -2.31. The Labute approximate surface area is 154 Å². The van der Waals surface area contributed by atoms with Crippen LogP contribution in [0, 0.1) is 24.2 Å². The Kier molecular flexibility index (Phi) is 5.83. The third-order valence-electron chi connectivity index (χ3n) is 3.88. The van der Waals surface area contributed by atoms with Crippen LogP contribution in [-0.2, 0) is 4.79 Å². The Balaban J connectivity index is 1.62. The van der Waals surface area contributed by atoms with Crippen molar-refractivity contribution in [1.82, 2.24) is 15.0 Å². The molecule has 7 nitrogen and oxygen atoms in total. The Morgan fingerprint density at radius 2 is 2.32 bits per heavy atom. The first-order valence-electron chi connectivity index (χ1n) is 7.97. The maximum atomic E-state index is 12.6. The van der Waals surface area contributed by atoms with Gasteiger partial charge < -0.3 is 10.2 Å². The molecule has 1 amide bonds. The van der Waals surface area contributed by atoms with Gasteiger partial charge in [-0.1, -0.05) is 23.1 Å². The molecule has 1 fully saturated rings. The number of thiazole rings is 1. The first-order valence-corrected chi connectivity index (χ1v) is 9.77. The van der Waals surface area contributed by atoms with Crippen LogP contribution < -0.4 is 10.2 Å². The quantitative estimate of drug-likeness (QED) is 0.804. The van der Waals surface area contributed by atoms with Crippen molar-refractivity contribution in [3.63, 3.8) is 0 Å². The lowest BCUT2D eigenvalue weighted by Crippen LogP contribution is -2.41. The van der Waals surface area contributed by atoms with Crippen LogP contribution in [0.2, 0.25) is 0 Å². The smallest absolute Gasteiger partial charge is 0.231 e. The van der Waals surface area contributed by atoms with Gasteiger partial charge in [-0.05, 0) is 25.8 Å². The van der Waals surface area contributed by atoms with Crippen LogP contribution in [0.3, 0.4) is 0 Å². The van der Waals surface area contributed by atoms with Crippen molar-refractivity contribution in [3.8, 4) is 6.07 Å². The van der Waals surface area contributed by atoms with Crippen LogP contribution in [0.25, 0.3) is 0 Å². The second kappa shape index (κ2) is 8.27. The zero-order valence-electron chi connectivity index (χ0n) is 13.8. The number of amides is 1. The standard InChI is InChI=1S/C16H18N6OS2/c1-11-14(24-9-5-17)25-16(20-11)21-13(23)12-4-2-8-22(10-12)15-18-6-3-7-19-15/h3,6-7,12H,2,4,8-10H2,1H3,(H,20,21,23). The first-order chi connectivity index (χ1) is 12.2. The lowest BCUT2D eigenvalue weighted by molar-refractivity contribution is -0.120. The minimum absolute atomic E-state index is 0.0220. The molecular weight excluding hydrogens is 356 g/mol. The molecule has 0 aromatic carbocycles. The fraction of sp³-hybridized carbons (Fsp3) is 0.438. The van der Waals surface area contributed by atoms with Gasteiger partial charge >= 0.3 is 0 Å². The van der Waals surface area contributed by atoms with Crippen molar-refractivity contribution >= 4 is 40.1 Å². The van der Waals surface area contributed by atoms with E-state index in [2.05, 4.69) is 31.2 Å². The van der Waals surface area contributed by atoms with Gasteiger partial charge in [0.25, 0.3) is 0 Å². The van der Waals surface area contributed by atoms with Gasteiger partial charge in [0.15, 0.2) is 5.13 Å². The van der Waals surface area contributed by atoms with Crippen molar-refractivity contribution in [2.45, 2.75) is 24.0 Å². The highest BCUT2D eigenvalue weighted by Gasteiger charge is 2.27. The number of carbonyl (C=O) groups is 1. The summed E-state index contributed by atoms with van der Waals surface area (Å²) >= 11 is 2.87. The van der Waals surface area contributed by atoms with Crippen LogP contribution in [0.5, 0.6) is 0 Å². The van der Waals surface area contributed by atoms with E-state index >= 15 is 0 Å². The summed E-state index contributed by atoms with van der Waals surface area (Å²) in [7, 11) is 0. The molecule has 9 heteroatoms. The van der Waals surface area contributed by atoms with E-state index in [1.807, 2.05) is 6.92 Å². The number of piperidine rings is 1. The van der Waals surface area contributed by atoms with Gasteiger partial charge in [-0.3, -0.25) is 4.79 Å². The summed E-state index contributed by atoms with van der Waals surface area (Å²) in [5, 5.41) is 12.2. The second-order valence-corrected chi connectivity index (χ2v) is 7.90. The van der Waals surface area contributed by atoms with Crippen molar-refractivity contribution in [2.75, 3.05) is 29.1 Å². The summed E-state index contributed by atoms with van der Waals surface area (Å²) in [6.07, 6.45) is 5.20. The van der Waals surface area contributed by atoms with Gasteiger partial charge in [-0.2, -0.15) is 5.26 Å². The van der Waals surface area contributed by atoms with Crippen LogP contribution in [-0.4, -0.2) is 39.7 Å². The number of rotatable bonds is 5. The predicted octanol–water partition coefficient (Wildman–Crippen LogP) is 2.71. The second-order valence-electron chi connectivity index (χ2n) is 5.66. The first kappa shape index (κ1) is 17.6. The summed E-state index contributed by atoms with van der Waals surface area (Å²) in [6, 6.07) is 3.88. The molecule has 2 aromatic rings. The number of aryl methyl sites for hydroxylation is 1. The normalized spacial score (nSPS) is 17.1. The summed E-state index contributed by atoms with van der Waals surface area (Å²) < 4.78 is 0.972. The average molecular weight is 374 g/mol. The predicted molar refractivity (Wildman–Crippen MR) is 98.8 cm³/mol. The fourth-order valence-electron chi connectivity index (χ4n) is 2.70. The molecule has 0 spiro atoms. The Hall–Kier alpha value is -2.18. The number of hydrogen-bond donors (Lipinski definition) is 1. The number of anilines is 2. The molecule has 0 saturated carbocycles. The zero-order chi connectivity index (χ0) is 17.6. The molecule has 3 heterocycles. The number of hydrogen-bond acceptors (Lipinski definition) is 8. The Morgan fingerprint density at radius 3 is 3.08 bits per heavy atom. The molecule has 1 N–H and O–H groups in total. The average Bonchev–Trinajstić information content (AvgIpc) is 3.00. The molecule has 0 radical (unpaired) electrons. The summed E-state index contributed by atoms with van der Waals surface area (Å²) in [4.78, 5) is 27.6. The fourth-order valence-corrected chi connectivity index (χ4v) is 4.51. The van der Waals surface area contributed by atoms with Crippen molar-refractivity contribution in [1.29, 1.82) is 5.26 Å². The van der Waals surface area contributed by atoms with E-state index in [0.29, 0.717) is 23.4 Å². The molecule has 1 aliphatic heterocycles. The number of nitriles is 1.